The minimum atomic E-state index is -4.76. The number of aliphatic hydroxyl groups excluding tert-OH is 1. The van der Waals surface area contributed by atoms with Crippen molar-refractivity contribution in [2.75, 3.05) is 11.4 Å². The van der Waals surface area contributed by atoms with Crippen molar-refractivity contribution in [3.8, 4) is 17.2 Å². The van der Waals surface area contributed by atoms with Gasteiger partial charge >= 0.3 is 6.36 Å². The summed E-state index contributed by atoms with van der Waals surface area (Å²) in [5, 5.41) is 10.1. The van der Waals surface area contributed by atoms with Gasteiger partial charge in [-0.1, -0.05) is 42.5 Å². The monoisotopic (exact) mass is 429 g/mol. The van der Waals surface area contributed by atoms with E-state index in [4.69, 9.17) is 4.74 Å². The summed E-state index contributed by atoms with van der Waals surface area (Å²) in [7, 11) is 0. The zero-order valence-electron chi connectivity index (χ0n) is 16.6. The van der Waals surface area contributed by atoms with Crippen LogP contribution in [0.25, 0.3) is 0 Å². The summed E-state index contributed by atoms with van der Waals surface area (Å²) in [4.78, 5) is 1.83. The van der Waals surface area contributed by atoms with Gasteiger partial charge in [0.25, 0.3) is 0 Å². The minimum Gasteiger partial charge on any atom is -0.457 e. The molecule has 31 heavy (non-hydrogen) atoms. The number of hydrogen-bond acceptors (Lipinski definition) is 4. The molecular weight excluding hydrogens is 407 g/mol. The lowest BCUT2D eigenvalue weighted by Gasteiger charge is -2.27. The van der Waals surface area contributed by atoms with E-state index in [0.29, 0.717) is 17.1 Å². The van der Waals surface area contributed by atoms with E-state index < -0.39 is 12.5 Å². The van der Waals surface area contributed by atoms with E-state index >= 15 is 0 Å². The van der Waals surface area contributed by atoms with Gasteiger partial charge in [0.1, 0.15) is 17.2 Å². The summed E-state index contributed by atoms with van der Waals surface area (Å²) in [5.74, 6) is 0.973. The number of rotatable bonds is 9. The Morgan fingerprint density at radius 3 is 2.29 bits per heavy atom. The van der Waals surface area contributed by atoms with Gasteiger partial charge in [-0.25, -0.2) is 0 Å². The van der Waals surface area contributed by atoms with E-state index in [9.17, 15) is 18.3 Å². The summed E-state index contributed by atoms with van der Waals surface area (Å²) in [6.45, 7) is 4.04. The number of alkyl halides is 3. The van der Waals surface area contributed by atoms with Gasteiger partial charge in [-0.3, -0.25) is 0 Å². The van der Waals surface area contributed by atoms with E-state index in [1.807, 2.05) is 47.4 Å². The lowest BCUT2D eigenvalue weighted by molar-refractivity contribution is -0.274. The van der Waals surface area contributed by atoms with Crippen molar-refractivity contribution in [2.24, 2.45) is 0 Å². The van der Waals surface area contributed by atoms with E-state index in [2.05, 4.69) is 11.3 Å². The molecular formula is C24H22F3NO3. The van der Waals surface area contributed by atoms with Crippen molar-refractivity contribution in [1.29, 1.82) is 0 Å². The standard InChI is InChI=1S/C24H22F3NO3/c1-2-20(29)17-28(16-18-8-6-13-23(14-18)31-24(25,26)27)19-9-7-12-22(15-19)30-21-10-4-3-5-11-21/h2-15,20,29H,1,16-17H2. The van der Waals surface area contributed by atoms with Crippen LogP contribution >= 0.6 is 0 Å². The fourth-order valence-electron chi connectivity index (χ4n) is 2.99. The summed E-state index contributed by atoms with van der Waals surface area (Å²) >= 11 is 0. The number of nitrogens with zero attached hydrogens (tertiary/aromatic N) is 1. The van der Waals surface area contributed by atoms with Crippen LogP contribution in [0.4, 0.5) is 18.9 Å². The first-order chi connectivity index (χ1) is 14.8. The average molecular weight is 429 g/mol. The normalized spacial score (nSPS) is 12.1. The molecule has 0 saturated carbocycles. The summed E-state index contributed by atoms with van der Waals surface area (Å²) in [6, 6.07) is 22.3. The fourth-order valence-corrected chi connectivity index (χ4v) is 2.99. The Morgan fingerprint density at radius 1 is 0.903 bits per heavy atom. The molecule has 0 amide bonds. The highest BCUT2D eigenvalue weighted by molar-refractivity contribution is 5.52. The summed E-state index contributed by atoms with van der Waals surface area (Å²) in [5.41, 5.74) is 1.32. The third-order valence-electron chi connectivity index (χ3n) is 4.35. The van der Waals surface area contributed by atoms with Crippen molar-refractivity contribution in [2.45, 2.75) is 19.0 Å². The smallest absolute Gasteiger partial charge is 0.457 e. The van der Waals surface area contributed by atoms with Gasteiger partial charge in [-0.2, -0.15) is 0 Å². The first-order valence-electron chi connectivity index (χ1n) is 9.55. The van der Waals surface area contributed by atoms with Crippen molar-refractivity contribution in [3.63, 3.8) is 0 Å². The topological polar surface area (TPSA) is 41.9 Å². The Hall–Kier alpha value is -3.45. The highest BCUT2D eigenvalue weighted by atomic mass is 19.4. The zero-order valence-corrected chi connectivity index (χ0v) is 16.6. The molecule has 0 aliphatic carbocycles. The van der Waals surface area contributed by atoms with E-state index in [-0.39, 0.29) is 18.8 Å². The predicted octanol–water partition coefficient (Wildman–Crippen LogP) is 5.93. The van der Waals surface area contributed by atoms with Crippen LogP contribution in [0, 0.1) is 0 Å². The van der Waals surface area contributed by atoms with E-state index in [1.165, 1.54) is 24.3 Å². The van der Waals surface area contributed by atoms with Crippen LogP contribution < -0.4 is 14.4 Å². The van der Waals surface area contributed by atoms with Crippen LogP contribution in [0.15, 0.2) is 91.5 Å². The summed E-state index contributed by atoms with van der Waals surface area (Å²) in [6.07, 6.45) is -4.19. The third-order valence-corrected chi connectivity index (χ3v) is 4.35. The van der Waals surface area contributed by atoms with Crippen LogP contribution in [-0.4, -0.2) is 24.1 Å². The van der Waals surface area contributed by atoms with Gasteiger partial charge < -0.3 is 19.5 Å². The van der Waals surface area contributed by atoms with Gasteiger partial charge in [0.2, 0.25) is 0 Å². The third kappa shape index (κ3) is 7.08. The Morgan fingerprint density at radius 2 is 1.58 bits per heavy atom. The van der Waals surface area contributed by atoms with Crippen molar-refractivity contribution < 1.29 is 27.8 Å². The Balaban J connectivity index is 1.83. The second kappa shape index (κ2) is 10.0. The molecule has 0 aliphatic heterocycles. The van der Waals surface area contributed by atoms with Crippen LogP contribution in [0.1, 0.15) is 5.56 Å². The van der Waals surface area contributed by atoms with Gasteiger partial charge in [0.15, 0.2) is 0 Å². The Labute approximate surface area is 178 Å². The van der Waals surface area contributed by atoms with Crippen LogP contribution in [0.3, 0.4) is 0 Å². The molecule has 0 radical (unpaired) electrons. The summed E-state index contributed by atoms with van der Waals surface area (Å²) < 4.78 is 47.5. The van der Waals surface area contributed by atoms with Crippen molar-refractivity contribution in [1.82, 2.24) is 0 Å². The fraction of sp³-hybridized carbons (Fsp3) is 0.167. The second-order valence-corrected chi connectivity index (χ2v) is 6.79. The Kier molecular flexibility index (Phi) is 7.20. The first-order valence-corrected chi connectivity index (χ1v) is 9.55. The molecule has 0 heterocycles. The average Bonchev–Trinajstić information content (AvgIpc) is 2.73. The number of halogens is 3. The van der Waals surface area contributed by atoms with Gasteiger partial charge in [0, 0.05) is 24.8 Å². The SMILES string of the molecule is C=CC(O)CN(Cc1cccc(OC(F)(F)F)c1)c1cccc(Oc2ccccc2)c1. The van der Waals surface area contributed by atoms with Crippen LogP contribution in [-0.2, 0) is 6.54 Å². The van der Waals surface area contributed by atoms with Gasteiger partial charge in [-0.05, 0) is 42.0 Å². The maximum atomic E-state index is 12.6. The molecule has 1 N–H and O–H groups in total. The molecule has 3 rings (SSSR count). The van der Waals surface area contributed by atoms with Gasteiger partial charge in [-0.15, -0.1) is 19.8 Å². The number of anilines is 1. The minimum absolute atomic E-state index is 0.197. The van der Waals surface area contributed by atoms with Crippen molar-refractivity contribution >= 4 is 5.69 Å². The van der Waals surface area contributed by atoms with Crippen LogP contribution in [0.2, 0.25) is 0 Å². The number of para-hydroxylation sites is 1. The van der Waals surface area contributed by atoms with Crippen molar-refractivity contribution in [3.05, 3.63) is 97.1 Å². The predicted molar refractivity (Wildman–Crippen MR) is 113 cm³/mol. The van der Waals surface area contributed by atoms with E-state index in [1.54, 1.807) is 18.2 Å². The maximum Gasteiger partial charge on any atom is 0.573 e. The molecule has 1 unspecified atom stereocenters. The zero-order chi connectivity index (χ0) is 22.3. The molecule has 0 aliphatic rings. The molecule has 1 atom stereocenters. The molecule has 3 aromatic rings. The number of benzene rings is 3. The number of hydrogen-bond donors (Lipinski definition) is 1. The van der Waals surface area contributed by atoms with E-state index in [0.717, 1.165) is 5.69 Å². The quantitative estimate of drug-likeness (QED) is 0.428. The highest BCUT2D eigenvalue weighted by Gasteiger charge is 2.31. The number of ether oxygens (including phenoxy) is 2. The lowest BCUT2D eigenvalue weighted by atomic mass is 10.1. The molecule has 0 aromatic heterocycles. The maximum absolute atomic E-state index is 12.6. The number of aliphatic hydroxyl groups is 1. The van der Waals surface area contributed by atoms with Gasteiger partial charge in [0.05, 0.1) is 6.10 Å². The molecule has 0 fully saturated rings. The Bertz CT molecular complexity index is 993. The molecule has 0 saturated heterocycles. The molecule has 0 bridgehead atoms. The lowest BCUT2D eigenvalue weighted by Crippen LogP contribution is -2.31. The molecule has 3 aromatic carbocycles. The van der Waals surface area contributed by atoms with Crippen LogP contribution in [0.5, 0.6) is 17.2 Å². The first kappa shape index (κ1) is 22.2. The molecule has 162 valence electrons. The second-order valence-electron chi connectivity index (χ2n) is 6.79. The molecule has 4 nitrogen and oxygen atoms in total. The highest BCUT2D eigenvalue weighted by Crippen LogP contribution is 2.28. The largest absolute Gasteiger partial charge is 0.573 e. The molecule has 7 heteroatoms. The molecule has 0 spiro atoms.